The van der Waals surface area contributed by atoms with Crippen molar-refractivity contribution in [3.8, 4) is 0 Å². The maximum Gasteiger partial charge on any atom is 0.123 e. The van der Waals surface area contributed by atoms with E-state index in [1.807, 2.05) is 6.08 Å². The molecule has 2 unspecified atom stereocenters. The molecule has 0 bridgehead atoms. The summed E-state index contributed by atoms with van der Waals surface area (Å²) < 4.78 is 5.36. The first kappa shape index (κ1) is 9.01. The standard InChI is InChI=1S/C12H16N2O/c1-15-11-6-9(13)4-8-5-10(7-2-3-7)14-12(8)11/h4,6-8,12H,2-3,5,13H2,1H3. The van der Waals surface area contributed by atoms with Crippen molar-refractivity contribution in [3.05, 3.63) is 23.6 Å². The molecule has 0 aromatic heterocycles. The quantitative estimate of drug-likeness (QED) is 0.743. The molecule has 0 aromatic rings. The average molecular weight is 204 g/mol. The Morgan fingerprint density at radius 1 is 1.47 bits per heavy atom. The van der Waals surface area contributed by atoms with Crippen molar-refractivity contribution in [1.29, 1.82) is 0 Å². The van der Waals surface area contributed by atoms with Gasteiger partial charge in [0.2, 0.25) is 0 Å². The molecule has 3 heteroatoms. The number of methoxy groups -OCH3 is 1. The Bertz CT molecular complexity index is 377. The Labute approximate surface area is 89.7 Å². The highest BCUT2D eigenvalue weighted by atomic mass is 16.5. The van der Waals surface area contributed by atoms with Gasteiger partial charge >= 0.3 is 0 Å². The summed E-state index contributed by atoms with van der Waals surface area (Å²) in [5.41, 5.74) is 8.06. The van der Waals surface area contributed by atoms with Crippen LogP contribution >= 0.6 is 0 Å². The number of hydrogen-bond acceptors (Lipinski definition) is 3. The van der Waals surface area contributed by atoms with Crippen LogP contribution in [0.3, 0.4) is 0 Å². The van der Waals surface area contributed by atoms with E-state index in [9.17, 15) is 0 Å². The lowest BCUT2D eigenvalue weighted by molar-refractivity contribution is 0.252. The van der Waals surface area contributed by atoms with Gasteiger partial charge in [-0.05, 0) is 25.2 Å². The number of allylic oxidation sites excluding steroid dienone is 1. The number of nitrogens with zero attached hydrogens (tertiary/aromatic N) is 1. The predicted octanol–water partition coefficient (Wildman–Crippen LogP) is 1.61. The minimum absolute atomic E-state index is 0.206. The molecule has 3 nitrogen and oxygen atoms in total. The molecule has 0 radical (unpaired) electrons. The van der Waals surface area contributed by atoms with Crippen LogP contribution in [0.1, 0.15) is 19.3 Å². The van der Waals surface area contributed by atoms with Gasteiger partial charge in [-0.15, -0.1) is 0 Å². The zero-order valence-corrected chi connectivity index (χ0v) is 8.94. The molecule has 0 amide bonds. The molecule has 2 aliphatic carbocycles. The maximum atomic E-state index is 5.85. The van der Waals surface area contributed by atoms with Crippen LogP contribution in [0.2, 0.25) is 0 Å². The molecule has 1 saturated carbocycles. The Kier molecular flexibility index (Phi) is 1.87. The molecule has 1 fully saturated rings. The van der Waals surface area contributed by atoms with E-state index in [4.69, 9.17) is 15.5 Å². The molecule has 2 N–H and O–H groups in total. The molecule has 1 heterocycles. The van der Waals surface area contributed by atoms with E-state index in [0.717, 1.165) is 23.8 Å². The summed E-state index contributed by atoms with van der Waals surface area (Å²) >= 11 is 0. The second kappa shape index (κ2) is 3.12. The van der Waals surface area contributed by atoms with E-state index in [-0.39, 0.29) is 6.04 Å². The van der Waals surface area contributed by atoms with Crippen LogP contribution in [0.4, 0.5) is 0 Å². The topological polar surface area (TPSA) is 47.6 Å². The Balaban J connectivity index is 1.88. The van der Waals surface area contributed by atoms with Crippen molar-refractivity contribution >= 4 is 5.71 Å². The number of fused-ring (bicyclic) bond motifs is 1. The Hall–Kier alpha value is -1.25. The van der Waals surface area contributed by atoms with Gasteiger partial charge < -0.3 is 10.5 Å². The van der Waals surface area contributed by atoms with Crippen LogP contribution in [-0.2, 0) is 4.74 Å². The molecular formula is C12H16N2O. The van der Waals surface area contributed by atoms with Gasteiger partial charge in [-0.2, -0.15) is 0 Å². The molecule has 0 saturated heterocycles. The molecule has 15 heavy (non-hydrogen) atoms. The normalized spacial score (nSPS) is 34.1. The summed E-state index contributed by atoms with van der Waals surface area (Å²) in [5, 5.41) is 0. The summed E-state index contributed by atoms with van der Waals surface area (Å²) in [4.78, 5) is 4.78. The number of hydrogen-bond donors (Lipinski definition) is 1. The second-order valence-electron chi connectivity index (χ2n) is 4.63. The van der Waals surface area contributed by atoms with E-state index in [2.05, 4.69) is 6.08 Å². The minimum Gasteiger partial charge on any atom is -0.499 e. The van der Waals surface area contributed by atoms with Crippen molar-refractivity contribution in [2.75, 3.05) is 7.11 Å². The molecule has 0 aromatic carbocycles. The van der Waals surface area contributed by atoms with Gasteiger partial charge in [-0.3, -0.25) is 4.99 Å². The zero-order valence-electron chi connectivity index (χ0n) is 8.94. The number of aliphatic imine (C=N–C) groups is 1. The first-order valence-electron chi connectivity index (χ1n) is 5.57. The number of nitrogens with two attached hydrogens (primary N) is 1. The lowest BCUT2D eigenvalue weighted by Crippen LogP contribution is -2.21. The summed E-state index contributed by atoms with van der Waals surface area (Å²) in [5.74, 6) is 2.14. The van der Waals surface area contributed by atoms with Crippen LogP contribution in [0, 0.1) is 11.8 Å². The van der Waals surface area contributed by atoms with Gasteiger partial charge in [0.25, 0.3) is 0 Å². The van der Waals surface area contributed by atoms with Crippen molar-refractivity contribution < 1.29 is 4.74 Å². The third kappa shape index (κ3) is 1.46. The van der Waals surface area contributed by atoms with Crippen LogP contribution < -0.4 is 5.73 Å². The van der Waals surface area contributed by atoms with Gasteiger partial charge in [-0.1, -0.05) is 6.08 Å². The largest absolute Gasteiger partial charge is 0.499 e. The van der Waals surface area contributed by atoms with Crippen molar-refractivity contribution in [2.45, 2.75) is 25.3 Å². The molecule has 0 spiro atoms. The summed E-state index contributed by atoms with van der Waals surface area (Å²) in [6.07, 6.45) is 7.76. The fourth-order valence-corrected chi connectivity index (χ4v) is 2.52. The molecule has 80 valence electrons. The van der Waals surface area contributed by atoms with Gasteiger partial charge in [0.05, 0.1) is 7.11 Å². The van der Waals surface area contributed by atoms with E-state index in [1.165, 1.54) is 18.6 Å². The number of ether oxygens (including phenoxy) is 1. The lowest BCUT2D eigenvalue weighted by Gasteiger charge is -2.21. The molecule has 1 aliphatic heterocycles. The number of rotatable bonds is 2. The molecule has 3 rings (SSSR count). The third-order valence-electron chi connectivity index (χ3n) is 3.45. The highest BCUT2D eigenvalue weighted by molar-refractivity contribution is 5.91. The van der Waals surface area contributed by atoms with E-state index >= 15 is 0 Å². The van der Waals surface area contributed by atoms with E-state index < -0.39 is 0 Å². The van der Waals surface area contributed by atoms with Gasteiger partial charge in [0.1, 0.15) is 11.8 Å². The smallest absolute Gasteiger partial charge is 0.123 e. The monoisotopic (exact) mass is 204 g/mol. The minimum atomic E-state index is 0.206. The second-order valence-corrected chi connectivity index (χ2v) is 4.63. The highest BCUT2D eigenvalue weighted by Gasteiger charge is 2.39. The zero-order chi connectivity index (χ0) is 10.4. The van der Waals surface area contributed by atoms with E-state index in [1.54, 1.807) is 7.11 Å². The first-order valence-corrected chi connectivity index (χ1v) is 5.57. The maximum absolute atomic E-state index is 5.85. The predicted molar refractivity (Wildman–Crippen MR) is 59.4 cm³/mol. The summed E-state index contributed by atoms with van der Waals surface area (Å²) in [6, 6.07) is 0.206. The molecule has 2 atom stereocenters. The van der Waals surface area contributed by atoms with E-state index in [0.29, 0.717) is 5.92 Å². The van der Waals surface area contributed by atoms with Gasteiger partial charge in [0, 0.05) is 23.4 Å². The van der Waals surface area contributed by atoms with Crippen LogP contribution in [-0.4, -0.2) is 18.9 Å². The van der Waals surface area contributed by atoms with Crippen LogP contribution in [0.15, 0.2) is 28.6 Å². The fourth-order valence-electron chi connectivity index (χ4n) is 2.52. The summed E-state index contributed by atoms with van der Waals surface area (Å²) in [7, 11) is 1.70. The van der Waals surface area contributed by atoms with Crippen molar-refractivity contribution in [1.82, 2.24) is 0 Å². The lowest BCUT2D eigenvalue weighted by atomic mass is 9.91. The van der Waals surface area contributed by atoms with Crippen LogP contribution in [0.5, 0.6) is 0 Å². The molecular weight excluding hydrogens is 188 g/mol. The molecule has 3 aliphatic rings. The summed E-state index contributed by atoms with van der Waals surface area (Å²) in [6.45, 7) is 0. The first-order chi connectivity index (χ1) is 7.28. The Morgan fingerprint density at radius 2 is 2.27 bits per heavy atom. The van der Waals surface area contributed by atoms with Crippen molar-refractivity contribution in [3.63, 3.8) is 0 Å². The Morgan fingerprint density at radius 3 is 2.93 bits per heavy atom. The highest BCUT2D eigenvalue weighted by Crippen LogP contribution is 2.40. The van der Waals surface area contributed by atoms with Gasteiger partial charge in [0.15, 0.2) is 0 Å². The third-order valence-corrected chi connectivity index (χ3v) is 3.45. The van der Waals surface area contributed by atoms with Gasteiger partial charge in [-0.25, -0.2) is 0 Å². The van der Waals surface area contributed by atoms with Crippen molar-refractivity contribution in [2.24, 2.45) is 22.6 Å². The fraction of sp³-hybridized carbons (Fsp3) is 0.583. The SMILES string of the molecule is COC1=CC(N)=CC2CC(C3CC3)=NC12. The van der Waals surface area contributed by atoms with Crippen LogP contribution in [0.25, 0.3) is 0 Å². The average Bonchev–Trinajstić information content (AvgIpc) is 2.98.